The summed E-state index contributed by atoms with van der Waals surface area (Å²) in [5, 5.41) is 4.29. The first-order valence-corrected chi connectivity index (χ1v) is 7.64. The summed E-state index contributed by atoms with van der Waals surface area (Å²) >= 11 is 5.97. The lowest BCUT2D eigenvalue weighted by molar-refractivity contribution is 0.0705. The first-order valence-electron chi connectivity index (χ1n) is 7.26. The molecule has 1 saturated heterocycles. The molecule has 1 aromatic carbocycles. The lowest BCUT2D eigenvalue weighted by Crippen LogP contribution is -2.37. The van der Waals surface area contributed by atoms with Crippen LogP contribution >= 0.6 is 11.6 Å². The van der Waals surface area contributed by atoms with Crippen LogP contribution in [-0.4, -0.2) is 35.8 Å². The van der Waals surface area contributed by atoms with E-state index in [1.54, 1.807) is 0 Å². The third-order valence-electron chi connectivity index (χ3n) is 3.68. The Morgan fingerprint density at radius 1 is 1.45 bits per heavy atom. The zero-order valence-corrected chi connectivity index (χ0v) is 12.2. The first-order chi connectivity index (χ1) is 9.81. The molecule has 1 atom stereocenters. The molecule has 1 aromatic heterocycles. The Labute approximate surface area is 123 Å². The molecule has 1 fully saturated rings. The number of imidazole rings is 1. The van der Waals surface area contributed by atoms with Gasteiger partial charge in [-0.15, -0.1) is 0 Å². The van der Waals surface area contributed by atoms with Crippen LogP contribution in [0.5, 0.6) is 0 Å². The Bertz CT molecular complexity index is 563. The number of hydrogen-bond acceptors (Lipinski definition) is 3. The van der Waals surface area contributed by atoms with Crippen molar-refractivity contribution in [2.75, 3.05) is 19.8 Å². The molecule has 2 aromatic rings. The van der Waals surface area contributed by atoms with E-state index in [-0.39, 0.29) is 0 Å². The Hall–Kier alpha value is -1.10. The molecule has 3 rings (SSSR count). The normalized spacial score (nSPS) is 19.6. The van der Waals surface area contributed by atoms with Gasteiger partial charge in [-0.05, 0) is 44.0 Å². The number of hydrogen-bond donors (Lipinski definition) is 2. The molecule has 0 radical (unpaired) electrons. The van der Waals surface area contributed by atoms with Gasteiger partial charge in [-0.3, -0.25) is 0 Å². The third kappa shape index (κ3) is 3.51. The van der Waals surface area contributed by atoms with Crippen molar-refractivity contribution in [1.29, 1.82) is 0 Å². The molecule has 5 heteroatoms. The molecule has 2 heterocycles. The number of rotatable bonds is 5. The van der Waals surface area contributed by atoms with Gasteiger partial charge in [0.2, 0.25) is 0 Å². The van der Waals surface area contributed by atoms with Crippen LogP contribution < -0.4 is 5.32 Å². The molecule has 0 bridgehead atoms. The predicted octanol–water partition coefficient (Wildman–Crippen LogP) is 2.92. The Balaban J connectivity index is 1.47. The largest absolute Gasteiger partial charge is 0.380 e. The molecule has 1 aliphatic rings. The van der Waals surface area contributed by atoms with E-state index in [1.165, 1.54) is 12.8 Å². The maximum atomic E-state index is 5.97. The minimum Gasteiger partial charge on any atom is -0.380 e. The summed E-state index contributed by atoms with van der Waals surface area (Å²) in [7, 11) is 0. The number of aryl methyl sites for hydroxylation is 1. The van der Waals surface area contributed by atoms with E-state index >= 15 is 0 Å². The standard InChI is InChI=1S/C15H20ClN3O/c16-11-5-6-13-14(9-11)19-15(18-13)4-1-7-17-12-3-2-8-20-10-12/h5-6,9,12,17H,1-4,7-8,10H2,(H,18,19)/t12-/m1/s1. The van der Waals surface area contributed by atoms with Crippen LogP contribution in [0.4, 0.5) is 0 Å². The maximum absolute atomic E-state index is 5.97. The average molecular weight is 294 g/mol. The van der Waals surface area contributed by atoms with E-state index in [0.29, 0.717) is 6.04 Å². The number of H-pyrrole nitrogens is 1. The van der Waals surface area contributed by atoms with Crippen LogP contribution in [0.25, 0.3) is 11.0 Å². The second-order valence-corrected chi connectivity index (χ2v) is 5.75. The number of benzene rings is 1. The van der Waals surface area contributed by atoms with Gasteiger partial charge in [0.1, 0.15) is 5.82 Å². The molecule has 0 amide bonds. The maximum Gasteiger partial charge on any atom is 0.107 e. The molecular weight excluding hydrogens is 274 g/mol. The second-order valence-electron chi connectivity index (χ2n) is 5.32. The number of aromatic amines is 1. The second kappa shape index (κ2) is 6.57. The highest BCUT2D eigenvalue weighted by Crippen LogP contribution is 2.17. The van der Waals surface area contributed by atoms with Crippen molar-refractivity contribution in [3.05, 3.63) is 29.0 Å². The van der Waals surface area contributed by atoms with Gasteiger partial charge >= 0.3 is 0 Å². The van der Waals surface area contributed by atoms with Crippen molar-refractivity contribution in [3.8, 4) is 0 Å². The number of halogens is 1. The van der Waals surface area contributed by atoms with Gasteiger partial charge < -0.3 is 15.0 Å². The summed E-state index contributed by atoms with van der Waals surface area (Å²) in [5.41, 5.74) is 2.00. The number of ether oxygens (including phenoxy) is 1. The van der Waals surface area contributed by atoms with Crippen molar-refractivity contribution in [2.45, 2.75) is 31.7 Å². The minimum atomic E-state index is 0.526. The Morgan fingerprint density at radius 2 is 2.40 bits per heavy atom. The molecule has 108 valence electrons. The highest BCUT2D eigenvalue weighted by Gasteiger charge is 2.12. The smallest absolute Gasteiger partial charge is 0.107 e. The minimum absolute atomic E-state index is 0.526. The van der Waals surface area contributed by atoms with E-state index in [0.717, 1.165) is 54.5 Å². The van der Waals surface area contributed by atoms with E-state index in [2.05, 4.69) is 15.3 Å². The van der Waals surface area contributed by atoms with Crippen molar-refractivity contribution in [2.24, 2.45) is 0 Å². The van der Waals surface area contributed by atoms with Gasteiger partial charge in [0.25, 0.3) is 0 Å². The van der Waals surface area contributed by atoms with Crippen LogP contribution in [0.3, 0.4) is 0 Å². The van der Waals surface area contributed by atoms with Crippen LogP contribution in [0.15, 0.2) is 18.2 Å². The molecule has 0 saturated carbocycles. The fourth-order valence-electron chi connectivity index (χ4n) is 2.62. The molecule has 0 unspecified atom stereocenters. The van der Waals surface area contributed by atoms with Gasteiger partial charge in [-0.2, -0.15) is 0 Å². The van der Waals surface area contributed by atoms with Crippen molar-refractivity contribution in [3.63, 3.8) is 0 Å². The molecule has 2 N–H and O–H groups in total. The van der Waals surface area contributed by atoms with Crippen LogP contribution in [-0.2, 0) is 11.2 Å². The summed E-state index contributed by atoms with van der Waals surface area (Å²) in [6.45, 7) is 2.77. The SMILES string of the molecule is Clc1ccc2nc(CCCN[C@@H]3CCCOC3)[nH]c2c1. The van der Waals surface area contributed by atoms with E-state index in [4.69, 9.17) is 16.3 Å². The molecule has 1 aliphatic heterocycles. The van der Waals surface area contributed by atoms with Crippen LogP contribution in [0, 0.1) is 0 Å². The Morgan fingerprint density at radius 3 is 3.25 bits per heavy atom. The molecule has 4 nitrogen and oxygen atoms in total. The van der Waals surface area contributed by atoms with Gasteiger partial charge in [-0.25, -0.2) is 4.98 Å². The summed E-state index contributed by atoms with van der Waals surface area (Å²) < 4.78 is 5.45. The number of nitrogens with zero attached hydrogens (tertiary/aromatic N) is 1. The molecule has 20 heavy (non-hydrogen) atoms. The summed E-state index contributed by atoms with van der Waals surface area (Å²) in [5.74, 6) is 1.03. The van der Waals surface area contributed by atoms with E-state index in [9.17, 15) is 0 Å². The van der Waals surface area contributed by atoms with Crippen molar-refractivity contribution < 1.29 is 4.74 Å². The van der Waals surface area contributed by atoms with Gasteiger partial charge in [0, 0.05) is 24.1 Å². The van der Waals surface area contributed by atoms with Gasteiger partial charge in [0.05, 0.1) is 17.6 Å². The fourth-order valence-corrected chi connectivity index (χ4v) is 2.79. The zero-order chi connectivity index (χ0) is 13.8. The quantitative estimate of drug-likeness (QED) is 0.834. The monoisotopic (exact) mass is 293 g/mol. The van der Waals surface area contributed by atoms with E-state index in [1.807, 2.05) is 18.2 Å². The highest BCUT2D eigenvalue weighted by molar-refractivity contribution is 6.31. The summed E-state index contributed by atoms with van der Waals surface area (Å²) in [6.07, 6.45) is 4.42. The number of nitrogens with one attached hydrogen (secondary N) is 2. The Kier molecular flexibility index (Phi) is 4.55. The lowest BCUT2D eigenvalue weighted by Gasteiger charge is -2.23. The first kappa shape index (κ1) is 13.9. The van der Waals surface area contributed by atoms with Gasteiger partial charge in [0.15, 0.2) is 0 Å². The average Bonchev–Trinajstić information content (AvgIpc) is 2.86. The van der Waals surface area contributed by atoms with Crippen molar-refractivity contribution in [1.82, 2.24) is 15.3 Å². The molecule has 0 aliphatic carbocycles. The predicted molar refractivity (Wildman–Crippen MR) is 81.3 cm³/mol. The van der Waals surface area contributed by atoms with Gasteiger partial charge in [-0.1, -0.05) is 11.6 Å². The molecule has 0 spiro atoms. The highest BCUT2D eigenvalue weighted by atomic mass is 35.5. The van der Waals surface area contributed by atoms with Crippen LogP contribution in [0.2, 0.25) is 5.02 Å². The molecular formula is C15H20ClN3O. The third-order valence-corrected chi connectivity index (χ3v) is 3.91. The summed E-state index contributed by atoms with van der Waals surface area (Å²) in [4.78, 5) is 7.90. The number of fused-ring (bicyclic) bond motifs is 1. The summed E-state index contributed by atoms with van der Waals surface area (Å²) in [6, 6.07) is 6.28. The zero-order valence-electron chi connectivity index (χ0n) is 11.5. The fraction of sp³-hybridized carbons (Fsp3) is 0.533. The van der Waals surface area contributed by atoms with E-state index < -0.39 is 0 Å². The van der Waals surface area contributed by atoms with Crippen LogP contribution in [0.1, 0.15) is 25.1 Å². The lowest BCUT2D eigenvalue weighted by atomic mass is 10.1. The topological polar surface area (TPSA) is 49.9 Å². The number of aromatic nitrogens is 2. The van der Waals surface area contributed by atoms with Crippen molar-refractivity contribution >= 4 is 22.6 Å².